The minimum absolute atomic E-state index is 0.148. The summed E-state index contributed by atoms with van der Waals surface area (Å²) >= 11 is 0. The smallest absolute Gasteiger partial charge is 0.0734 e. The van der Waals surface area contributed by atoms with Gasteiger partial charge in [0, 0.05) is 28.3 Å². The Bertz CT molecular complexity index is 1670. The fourth-order valence-electron chi connectivity index (χ4n) is 6.67. The topological polar surface area (TPSA) is 15.6 Å². The maximum absolute atomic E-state index is 5.39. The van der Waals surface area contributed by atoms with E-state index in [0.29, 0.717) is 0 Å². The number of anilines is 2. The van der Waals surface area contributed by atoms with Crippen molar-refractivity contribution in [3.8, 4) is 11.1 Å². The van der Waals surface area contributed by atoms with E-state index in [1.54, 1.807) is 0 Å². The summed E-state index contributed by atoms with van der Waals surface area (Å²) in [6.07, 6.45) is 9.11. The molecule has 186 valence electrons. The van der Waals surface area contributed by atoms with Gasteiger partial charge in [0.1, 0.15) is 0 Å². The molecule has 0 bridgehead atoms. The molecule has 2 nitrogen and oxygen atoms in total. The molecule has 0 radical (unpaired) electrons. The Morgan fingerprint density at radius 1 is 0.737 bits per heavy atom. The predicted molar refractivity (Wildman–Crippen MR) is 160 cm³/mol. The number of aliphatic imine (C=N–C) groups is 1. The maximum Gasteiger partial charge on any atom is 0.0734 e. The molecule has 4 aromatic rings. The first kappa shape index (κ1) is 23.0. The number of benzene rings is 4. The summed E-state index contributed by atoms with van der Waals surface area (Å²) in [4.78, 5) is 7.92. The molecule has 0 fully saturated rings. The summed E-state index contributed by atoms with van der Waals surface area (Å²) in [6, 6.07) is 31.2. The maximum atomic E-state index is 5.39. The predicted octanol–water partition coefficient (Wildman–Crippen LogP) is 9.11. The van der Waals surface area contributed by atoms with Crippen LogP contribution in [0.3, 0.4) is 0 Å². The molecular weight excluding hydrogens is 460 g/mol. The average Bonchev–Trinajstić information content (AvgIpc) is 3.41. The first-order valence-corrected chi connectivity index (χ1v) is 13.6. The van der Waals surface area contributed by atoms with Crippen LogP contribution >= 0.6 is 0 Å². The van der Waals surface area contributed by atoms with Crippen molar-refractivity contribution in [1.29, 1.82) is 0 Å². The van der Waals surface area contributed by atoms with E-state index in [0.717, 1.165) is 11.4 Å². The van der Waals surface area contributed by atoms with Crippen molar-refractivity contribution in [1.82, 2.24) is 0 Å². The third-order valence-electron chi connectivity index (χ3n) is 8.66. The van der Waals surface area contributed by atoms with E-state index >= 15 is 0 Å². The number of hydrogen-bond donors (Lipinski definition) is 0. The van der Waals surface area contributed by atoms with E-state index in [4.69, 9.17) is 4.99 Å². The first-order valence-electron chi connectivity index (χ1n) is 13.6. The molecule has 0 saturated heterocycles. The summed E-state index contributed by atoms with van der Waals surface area (Å²) in [7, 11) is 0. The molecular formula is C36H32N2. The van der Waals surface area contributed by atoms with Crippen LogP contribution in [0.25, 0.3) is 11.1 Å². The zero-order chi connectivity index (χ0) is 26.0. The normalized spacial score (nSPS) is 20.2. The molecule has 0 saturated carbocycles. The van der Waals surface area contributed by atoms with Gasteiger partial charge in [-0.2, -0.15) is 0 Å². The summed E-state index contributed by atoms with van der Waals surface area (Å²) < 4.78 is 0. The van der Waals surface area contributed by atoms with Gasteiger partial charge in [0.2, 0.25) is 0 Å². The zero-order valence-corrected chi connectivity index (χ0v) is 22.4. The van der Waals surface area contributed by atoms with E-state index in [1.807, 2.05) is 0 Å². The van der Waals surface area contributed by atoms with Crippen LogP contribution in [-0.4, -0.2) is 11.8 Å². The van der Waals surface area contributed by atoms with Crippen molar-refractivity contribution in [2.75, 3.05) is 4.90 Å². The standard InChI is InChI=1S/C36H32N2/c1-23-12-8-9-15-27(23)29-22-26(19-18-24(29)2)38-31-17-11-10-16-28(31)33-32(38)21-20-30-34(33)37-35(36(30,3)4)25-13-6-5-7-14-25/h5-22,28,31H,1-4H3. The molecule has 7 rings (SSSR count). The molecule has 2 heteroatoms. The van der Waals surface area contributed by atoms with Crippen molar-refractivity contribution in [2.24, 2.45) is 4.99 Å². The minimum atomic E-state index is -0.148. The second-order valence-corrected chi connectivity index (χ2v) is 11.3. The minimum Gasteiger partial charge on any atom is -0.333 e. The van der Waals surface area contributed by atoms with Gasteiger partial charge in [-0.1, -0.05) is 105 Å². The molecule has 0 N–H and O–H groups in total. The molecule has 0 amide bonds. The third-order valence-corrected chi connectivity index (χ3v) is 8.66. The van der Waals surface area contributed by atoms with Gasteiger partial charge in [0.15, 0.2) is 0 Å². The Hall–Kier alpha value is -4.17. The highest BCUT2D eigenvalue weighted by Gasteiger charge is 2.44. The number of allylic oxidation sites excluding steroid dienone is 2. The van der Waals surface area contributed by atoms with Crippen LogP contribution in [0.5, 0.6) is 0 Å². The highest BCUT2D eigenvalue weighted by molar-refractivity contribution is 6.13. The fraction of sp³-hybridized carbons (Fsp3) is 0.194. The highest BCUT2D eigenvalue weighted by Crippen LogP contribution is 2.56. The number of rotatable bonds is 3. The average molecular weight is 493 g/mol. The SMILES string of the molecule is Cc1ccccc1-c1cc(N2c3ccc4c(c3C3C=CC=CC32)N=C(c2ccccc2)C4(C)C)ccc1C. The number of aryl methyl sites for hydroxylation is 2. The fourth-order valence-corrected chi connectivity index (χ4v) is 6.67. The quantitative estimate of drug-likeness (QED) is 0.278. The van der Waals surface area contributed by atoms with E-state index in [9.17, 15) is 0 Å². The van der Waals surface area contributed by atoms with Crippen molar-refractivity contribution in [3.63, 3.8) is 0 Å². The van der Waals surface area contributed by atoms with Gasteiger partial charge >= 0.3 is 0 Å². The van der Waals surface area contributed by atoms with Crippen LogP contribution in [0.1, 0.15) is 47.6 Å². The van der Waals surface area contributed by atoms with Crippen molar-refractivity contribution in [3.05, 3.63) is 137 Å². The van der Waals surface area contributed by atoms with Gasteiger partial charge in [0.05, 0.1) is 17.4 Å². The van der Waals surface area contributed by atoms with E-state index in [-0.39, 0.29) is 17.4 Å². The van der Waals surface area contributed by atoms with Crippen LogP contribution in [0.2, 0.25) is 0 Å². The Labute approximate surface area is 225 Å². The molecule has 0 spiro atoms. The number of nitrogens with zero attached hydrogens (tertiary/aromatic N) is 2. The highest BCUT2D eigenvalue weighted by atomic mass is 15.2. The van der Waals surface area contributed by atoms with Gasteiger partial charge < -0.3 is 4.90 Å². The van der Waals surface area contributed by atoms with Crippen molar-refractivity contribution in [2.45, 2.75) is 45.1 Å². The van der Waals surface area contributed by atoms with Crippen LogP contribution in [0, 0.1) is 13.8 Å². The molecule has 1 aliphatic carbocycles. The Morgan fingerprint density at radius 3 is 2.29 bits per heavy atom. The Kier molecular flexibility index (Phi) is 5.10. The Balaban J connectivity index is 1.42. The largest absolute Gasteiger partial charge is 0.333 e. The zero-order valence-electron chi connectivity index (χ0n) is 22.4. The number of hydrogen-bond acceptors (Lipinski definition) is 2. The lowest BCUT2D eigenvalue weighted by molar-refractivity contribution is 0.732. The van der Waals surface area contributed by atoms with Gasteiger partial charge in [-0.05, 0) is 65.4 Å². The molecule has 2 aliphatic heterocycles. The molecule has 3 aliphatic rings. The van der Waals surface area contributed by atoms with E-state index in [2.05, 4.69) is 142 Å². The van der Waals surface area contributed by atoms with Gasteiger partial charge in [-0.3, -0.25) is 4.99 Å². The summed E-state index contributed by atoms with van der Waals surface area (Å²) in [5.41, 5.74) is 13.7. The van der Waals surface area contributed by atoms with Gasteiger partial charge in [-0.25, -0.2) is 0 Å². The van der Waals surface area contributed by atoms with E-state index in [1.165, 1.54) is 50.3 Å². The van der Waals surface area contributed by atoms with Crippen molar-refractivity contribution < 1.29 is 0 Å². The van der Waals surface area contributed by atoms with Gasteiger partial charge in [0.25, 0.3) is 0 Å². The van der Waals surface area contributed by atoms with Gasteiger partial charge in [-0.15, -0.1) is 0 Å². The van der Waals surface area contributed by atoms with Crippen molar-refractivity contribution >= 4 is 22.8 Å². The molecule has 2 atom stereocenters. The van der Waals surface area contributed by atoms with Crippen LogP contribution in [0.15, 0.2) is 114 Å². The lowest BCUT2D eigenvalue weighted by Crippen LogP contribution is -2.28. The number of fused-ring (bicyclic) bond motifs is 5. The lowest BCUT2D eigenvalue weighted by Gasteiger charge is -2.29. The van der Waals surface area contributed by atoms with Crippen LogP contribution in [0.4, 0.5) is 17.1 Å². The second-order valence-electron chi connectivity index (χ2n) is 11.3. The lowest BCUT2D eigenvalue weighted by atomic mass is 9.77. The second kappa shape index (κ2) is 8.43. The Morgan fingerprint density at radius 2 is 1.47 bits per heavy atom. The van der Waals surface area contributed by atoms with E-state index < -0.39 is 0 Å². The summed E-state index contributed by atoms with van der Waals surface area (Å²) in [6.45, 7) is 9.04. The molecule has 2 unspecified atom stereocenters. The summed E-state index contributed by atoms with van der Waals surface area (Å²) in [5, 5.41) is 0. The molecule has 2 heterocycles. The first-order chi connectivity index (χ1) is 18.4. The van der Waals surface area contributed by atoms with Crippen LogP contribution in [-0.2, 0) is 5.41 Å². The molecule has 0 aromatic heterocycles. The summed E-state index contributed by atoms with van der Waals surface area (Å²) in [5.74, 6) is 0.267. The van der Waals surface area contributed by atoms with Crippen LogP contribution < -0.4 is 4.90 Å². The molecule has 38 heavy (non-hydrogen) atoms. The monoisotopic (exact) mass is 492 g/mol. The third kappa shape index (κ3) is 3.29. The molecule has 4 aromatic carbocycles.